The molecule has 0 unspecified atom stereocenters. The molecule has 0 aliphatic carbocycles. The van der Waals surface area contributed by atoms with Crippen molar-refractivity contribution in [2.45, 2.75) is 26.7 Å². The first-order valence-electron chi connectivity index (χ1n) is 4.88. The lowest BCUT2D eigenvalue weighted by Gasteiger charge is -2.08. The Bertz CT molecular complexity index is 331. The summed E-state index contributed by atoms with van der Waals surface area (Å²) in [6.07, 6.45) is 1.39. The summed E-state index contributed by atoms with van der Waals surface area (Å²) in [5.74, 6) is 0.544. The highest BCUT2D eigenvalue weighted by Gasteiger charge is 2.09. The van der Waals surface area contributed by atoms with Crippen LogP contribution in [0.5, 0.6) is 0 Å². The molecule has 14 heavy (non-hydrogen) atoms. The number of hydrogen-bond acceptors (Lipinski definition) is 1. The van der Waals surface area contributed by atoms with E-state index in [1.807, 2.05) is 19.1 Å². The molecule has 0 N–H and O–H groups in total. The highest BCUT2D eigenvalue weighted by Crippen LogP contribution is 2.16. The van der Waals surface area contributed by atoms with Gasteiger partial charge in [-0.1, -0.05) is 25.1 Å². The third-order valence-electron chi connectivity index (χ3n) is 2.45. The standard InChI is InChI=1S/C12H15ClO/c1-3-10-5-4-6-11(9(10)2)12(14)7-8-13/h4-6H,3,7-8H2,1-2H3. The lowest BCUT2D eigenvalue weighted by atomic mass is 9.97. The first-order chi connectivity index (χ1) is 6.70. The van der Waals surface area contributed by atoms with E-state index in [-0.39, 0.29) is 5.78 Å². The van der Waals surface area contributed by atoms with Gasteiger partial charge >= 0.3 is 0 Å². The van der Waals surface area contributed by atoms with Crippen LogP contribution in [0.1, 0.15) is 34.8 Å². The summed E-state index contributed by atoms with van der Waals surface area (Å²) in [6.45, 7) is 4.10. The van der Waals surface area contributed by atoms with Gasteiger partial charge in [-0.2, -0.15) is 0 Å². The van der Waals surface area contributed by atoms with Gasteiger partial charge in [-0.15, -0.1) is 11.6 Å². The minimum absolute atomic E-state index is 0.146. The van der Waals surface area contributed by atoms with Crippen LogP contribution >= 0.6 is 11.6 Å². The minimum atomic E-state index is 0.146. The molecule has 0 spiro atoms. The van der Waals surface area contributed by atoms with Gasteiger partial charge in [0.1, 0.15) is 0 Å². The van der Waals surface area contributed by atoms with Gasteiger partial charge in [-0.05, 0) is 24.5 Å². The van der Waals surface area contributed by atoms with Crippen molar-refractivity contribution in [2.24, 2.45) is 0 Å². The van der Waals surface area contributed by atoms with Crippen molar-refractivity contribution in [3.8, 4) is 0 Å². The van der Waals surface area contributed by atoms with Gasteiger partial charge in [0.2, 0.25) is 0 Å². The number of benzene rings is 1. The maximum atomic E-state index is 11.6. The maximum Gasteiger partial charge on any atom is 0.164 e. The molecule has 0 radical (unpaired) electrons. The van der Waals surface area contributed by atoms with Crippen molar-refractivity contribution in [1.29, 1.82) is 0 Å². The zero-order valence-electron chi connectivity index (χ0n) is 8.64. The largest absolute Gasteiger partial charge is 0.294 e. The molecule has 0 saturated heterocycles. The van der Waals surface area contributed by atoms with E-state index in [4.69, 9.17) is 11.6 Å². The van der Waals surface area contributed by atoms with E-state index in [0.29, 0.717) is 12.3 Å². The summed E-state index contributed by atoms with van der Waals surface area (Å²) in [5.41, 5.74) is 3.17. The highest BCUT2D eigenvalue weighted by atomic mass is 35.5. The lowest BCUT2D eigenvalue weighted by Crippen LogP contribution is -2.04. The Kier molecular flexibility index (Phi) is 4.15. The third kappa shape index (κ3) is 2.36. The molecule has 76 valence electrons. The van der Waals surface area contributed by atoms with Crippen molar-refractivity contribution in [3.63, 3.8) is 0 Å². The lowest BCUT2D eigenvalue weighted by molar-refractivity contribution is 0.0988. The Morgan fingerprint density at radius 3 is 2.71 bits per heavy atom. The van der Waals surface area contributed by atoms with E-state index in [1.165, 1.54) is 5.56 Å². The normalized spacial score (nSPS) is 10.2. The van der Waals surface area contributed by atoms with Crippen LogP contribution in [-0.2, 0) is 6.42 Å². The summed E-state index contributed by atoms with van der Waals surface area (Å²) in [4.78, 5) is 11.6. The smallest absolute Gasteiger partial charge is 0.164 e. The zero-order chi connectivity index (χ0) is 10.6. The second-order valence-electron chi connectivity index (χ2n) is 3.31. The quantitative estimate of drug-likeness (QED) is 0.550. The zero-order valence-corrected chi connectivity index (χ0v) is 9.40. The average Bonchev–Trinajstić information content (AvgIpc) is 2.18. The van der Waals surface area contributed by atoms with Crippen LogP contribution in [0.4, 0.5) is 0 Å². The molecule has 0 bridgehead atoms. The molecular weight excluding hydrogens is 196 g/mol. The van der Waals surface area contributed by atoms with Crippen molar-refractivity contribution >= 4 is 17.4 Å². The Hall–Kier alpha value is -0.820. The van der Waals surface area contributed by atoms with Crippen molar-refractivity contribution in [1.82, 2.24) is 0 Å². The maximum absolute atomic E-state index is 11.6. The molecule has 0 fully saturated rings. The van der Waals surface area contributed by atoms with Crippen molar-refractivity contribution < 1.29 is 4.79 Å². The Morgan fingerprint density at radius 1 is 1.43 bits per heavy atom. The van der Waals surface area contributed by atoms with Gasteiger partial charge in [0, 0.05) is 17.9 Å². The predicted molar refractivity (Wildman–Crippen MR) is 60.2 cm³/mol. The molecule has 0 aromatic heterocycles. The molecule has 0 aliphatic rings. The Labute approximate surface area is 90.1 Å². The number of rotatable bonds is 4. The van der Waals surface area contributed by atoms with Gasteiger partial charge in [0.25, 0.3) is 0 Å². The molecule has 1 aromatic rings. The van der Waals surface area contributed by atoms with Crippen LogP contribution in [0.3, 0.4) is 0 Å². The van der Waals surface area contributed by atoms with E-state index < -0.39 is 0 Å². The average molecular weight is 211 g/mol. The van der Waals surface area contributed by atoms with Crippen LogP contribution in [0, 0.1) is 6.92 Å². The number of alkyl halides is 1. The van der Waals surface area contributed by atoms with E-state index in [2.05, 4.69) is 13.0 Å². The number of halogens is 1. The Balaban J connectivity index is 3.03. The summed E-state index contributed by atoms with van der Waals surface area (Å²) < 4.78 is 0. The fourth-order valence-corrected chi connectivity index (χ4v) is 1.76. The molecule has 0 aliphatic heterocycles. The van der Waals surface area contributed by atoms with Gasteiger partial charge < -0.3 is 0 Å². The first kappa shape index (κ1) is 11.3. The summed E-state index contributed by atoms with van der Waals surface area (Å²) in [5, 5.41) is 0. The van der Waals surface area contributed by atoms with Crippen LogP contribution in [0.25, 0.3) is 0 Å². The molecule has 0 saturated carbocycles. The number of hydrogen-bond donors (Lipinski definition) is 0. The highest BCUT2D eigenvalue weighted by molar-refractivity contribution is 6.19. The van der Waals surface area contributed by atoms with Crippen molar-refractivity contribution in [2.75, 3.05) is 5.88 Å². The van der Waals surface area contributed by atoms with E-state index in [9.17, 15) is 4.79 Å². The molecule has 1 aromatic carbocycles. The number of aryl methyl sites for hydroxylation is 1. The fourth-order valence-electron chi connectivity index (χ4n) is 1.59. The molecule has 1 nitrogen and oxygen atoms in total. The predicted octanol–water partition coefficient (Wildman–Crippen LogP) is 3.37. The summed E-state index contributed by atoms with van der Waals surface area (Å²) in [7, 11) is 0. The fraction of sp³-hybridized carbons (Fsp3) is 0.417. The number of Topliss-reactive ketones (excluding diaryl/α,β-unsaturated/α-hetero) is 1. The number of ketones is 1. The molecular formula is C12H15ClO. The molecule has 0 atom stereocenters. The first-order valence-corrected chi connectivity index (χ1v) is 5.41. The molecule has 0 amide bonds. The van der Waals surface area contributed by atoms with E-state index in [1.54, 1.807) is 0 Å². The second-order valence-corrected chi connectivity index (χ2v) is 3.68. The van der Waals surface area contributed by atoms with Gasteiger partial charge in [0.05, 0.1) is 0 Å². The topological polar surface area (TPSA) is 17.1 Å². The van der Waals surface area contributed by atoms with Gasteiger partial charge in [-0.25, -0.2) is 0 Å². The number of carbonyl (C=O) groups is 1. The SMILES string of the molecule is CCc1cccc(C(=O)CCCl)c1C. The number of carbonyl (C=O) groups excluding carboxylic acids is 1. The van der Waals surface area contributed by atoms with Crippen LogP contribution in [0.2, 0.25) is 0 Å². The van der Waals surface area contributed by atoms with E-state index >= 15 is 0 Å². The Morgan fingerprint density at radius 2 is 2.14 bits per heavy atom. The van der Waals surface area contributed by atoms with Crippen LogP contribution in [0.15, 0.2) is 18.2 Å². The molecule has 0 heterocycles. The molecule has 1 rings (SSSR count). The summed E-state index contributed by atoms with van der Waals surface area (Å²) in [6, 6.07) is 5.88. The van der Waals surface area contributed by atoms with E-state index in [0.717, 1.165) is 17.5 Å². The molecule has 2 heteroatoms. The van der Waals surface area contributed by atoms with Gasteiger partial charge in [0.15, 0.2) is 5.78 Å². The van der Waals surface area contributed by atoms with Crippen LogP contribution < -0.4 is 0 Å². The van der Waals surface area contributed by atoms with Crippen molar-refractivity contribution in [3.05, 3.63) is 34.9 Å². The third-order valence-corrected chi connectivity index (χ3v) is 2.64. The monoisotopic (exact) mass is 210 g/mol. The summed E-state index contributed by atoms with van der Waals surface area (Å²) >= 11 is 5.55. The van der Waals surface area contributed by atoms with Crippen LogP contribution in [-0.4, -0.2) is 11.7 Å². The van der Waals surface area contributed by atoms with Gasteiger partial charge in [-0.3, -0.25) is 4.79 Å². The minimum Gasteiger partial charge on any atom is -0.294 e. The second kappa shape index (κ2) is 5.16.